The molecule has 0 rings (SSSR count). The minimum Gasteiger partial charge on any atom is -0.518 e. The first-order valence-electron chi connectivity index (χ1n) is 2.45. The van der Waals surface area contributed by atoms with Gasteiger partial charge in [-0.15, -0.1) is 0 Å². The summed E-state index contributed by atoms with van der Waals surface area (Å²) in [6, 6.07) is 0. The summed E-state index contributed by atoms with van der Waals surface area (Å²) in [5.74, 6) is 0. The predicted octanol–water partition coefficient (Wildman–Crippen LogP) is 2.16. The molecule has 0 aromatic heterocycles. The normalized spacial score (nSPS) is 7.00. The van der Waals surface area contributed by atoms with Crippen molar-refractivity contribution in [1.29, 1.82) is 0 Å². The molecule has 43 valence electrons. The second-order valence-electron chi connectivity index (χ2n) is 1.38. The third kappa shape index (κ3) is 10.7. The third-order valence-electron chi connectivity index (χ3n) is 0.724. The van der Waals surface area contributed by atoms with Crippen LogP contribution >= 0.6 is 0 Å². The summed E-state index contributed by atoms with van der Waals surface area (Å²) in [5.41, 5.74) is 0. The van der Waals surface area contributed by atoms with Crippen molar-refractivity contribution in [2.45, 2.75) is 26.2 Å². The topological polar surface area (TPSA) is 0 Å². The van der Waals surface area contributed by atoms with Crippen molar-refractivity contribution in [1.82, 2.24) is 0 Å². The van der Waals surface area contributed by atoms with Gasteiger partial charge >= 0.3 is 0 Å². The van der Waals surface area contributed by atoms with Crippen molar-refractivity contribution in [3.05, 3.63) is 12.7 Å². The van der Waals surface area contributed by atoms with Gasteiger partial charge in [0.05, 0.1) is 0 Å². The average Bonchev–Trinajstić information content (AvgIpc) is 1.61. The van der Waals surface area contributed by atoms with Gasteiger partial charge in [-0.25, -0.2) is 0 Å². The van der Waals surface area contributed by atoms with Crippen LogP contribution in [0.25, 0.3) is 0 Å². The number of hydrogen-bond donors (Lipinski definition) is 0. The molecule has 0 aliphatic rings. The second kappa shape index (κ2) is 9.54. The molecule has 1 radical (unpaired) electrons. The monoisotopic (exact) mass is 138 g/mol. The zero-order valence-electron chi connectivity index (χ0n) is 4.65. The Kier molecular flexibility index (Phi) is 14.0. The number of hydrogen-bond acceptors (Lipinski definition) is 0. The van der Waals surface area contributed by atoms with Crippen molar-refractivity contribution in [2.24, 2.45) is 0 Å². The first-order chi connectivity index (χ1) is 2.91. The van der Waals surface area contributed by atoms with Crippen LogP contribution in [0.5, 0.6) is 0 Å². The van der Waals surface area contributed by atoms with Gasteiger partial charge in [0.25, 0.3) is 0 Å². The van der Waals surface area contributed by atoms with Crippen LogP contribution in [0.15, 0.2) is 6.08 Å². The van der Waals surface area contributed by atoms with Gasteiger partial charge in [-0.2, -0.15) is 0 Å². The van der Waals surface area contributed by atoms with E-state index in [9.17, 15) is 0 Å². The number of unbranched alkanes of at least 4 members (excludes halogenated alkanes) is 2. The van der Waals surface area contributed by atoms with E-state index in [-0.39, 0.29) is 17.1 Å². The Balaban J connectivity index is 0. The molecule has 0 aliphatic heterocycles. The van der Waals surface area contributed by atoms with E-state index in [2.05, 4.69) is 6.92 Å². The van der Waals surface area contributed by atoms with Gasteiger partial charge in [-0.3, -0.25) is 6.08 Å². The van der Waals surface area contributed by atoms with Crippen LogP contribution < -0.4 is 0 Å². The molecule has 1 heteroatoms. The molecule has 0 amide bonds. The van der Waals surface area contributed by atoms with Crippen LogP contribution in [-0.4, -0.2) is 0 Å². The van der Waals surface area contributed by atoms with Crippen molar-refractivity contribution >= 4 is 0 Å². The Morgan fingerprint density at radius 1 is 1.57 bits per heavy atom. The van der Waals surface area contributed by atoms with Gasteiger partial charge in [0.15, 0.2) is 0 Å². The molecular weight excluding hydrogens is 127 g/mol. The molecule has 0 saturated heterocycles. The average molecular weight is 138 g/mol. The van der Waals surface area contributed by atoms with Gasteiger partial charge < -0.3 is 6.58 Å². The van der Waals surface area contributed by atoms with E-state index in [1.807, 2.05) is 0 Å². The largest absolute Gasteiger partial charge is 0.518 e. The summed E-state index contributed by atoms with van der Waals surface area (Å²) in [6.45, 7) is 7.25. The molecule has 0 spiro atoms. The summed E-state index contributed by atoms with van der Waals surface area (Å²) >= 11 is 0. The molecule has 0 nitrogen and oxygen atoms in total. The molecule has 0 aromatic rings. The van der Waals surface area contributed by atoms with E-state index < -0.39 is 0 Å². The quantitative estimate of drug-likeness (QED) is 0.318. The zero-order chi connectivity index (χ0) is 4.83. The predicted molar refractivity (Wildman–Crippen MR) is 28.4 cm³/mol. The van der Waals surface area contributed by atoms with Gasteiger partial charge in [0.2, 0.25) is 0 Å². The maximum Gasteiger partial charge on any atom is 0 e. The van der Waals surface area contributed by atoms with Crippen molar-refractivity contribution < 1.29 is 17.1 Å². The van der Waals surface area contributed by atoms with E-state index in [0.717, 1.165) is 6.42 Å². The fraction of sp³-hybridized carbons (Fsp3) is 0.667. The third-order valence-corrected chi connectivity index (χ3v) is 0.724. The zero-order valence-corrected chi connectivity index (χ0v) is 5.83. The molecule has 0 N–H and O–H groups in total. The van der Waals surface area contributed by atoms with Gasteiger partial charge in [0.1, 0.15) is 0 Å². The molecule has 0 saturated carbocycles. The molecule has 0 aliphatic carbocycles. The summed E-state index contributed by atoms with van der Waals surface area (Å²) in [6.07, 6.45) is 5.25. The van der Waals surface area contributed by atoms with Crippen LogP contribution in [0.1, 0.15) is 26.2 Å². The van der Waals surface area contributed by atoms with Crippen LogP contribution in [0.3, 0.4) is 0 Å². The molecular formula is C6H11Mn-. The minimum absolute atomic E-state index is 0. The minimum atomic E-state index is 0. The first-order valence-corrected chi connectivity index (χ1v) is 2.45. The number of allylic oxidation sites excluding steroid dienone is 1. The Morgan fingerprint density at radius 3 is 2.29 bits per heavy atom. The maximum absolute atomic E-state index is 5.09. The van der Waals surface area contributed by atoms with Crippen LogP contribution in [-0.2, 0) is 17.1 Å². The fourth-order valence-electron chi connectivity index (χ4n) is 0.322. The van der Waals surface area contributed by atoms with E-state index in [0.29, 0.717) is 0 Å². The molecule has 0 bridgehead atoms. The van der Waals surface area contributed by atoms with E-state index in [1.54, 1.807) is 6.08 Å². The van der Waals surface area contributed by atoms with E-state index in [1.165, 1.54) is 12.8 Å². The van der Waals surface area contributed by atoms with Crippen LogP contribution in [0.2, 0.25) is 0 Å². The summed E-state index contributed by atoms with van der Waals surface area (Å²) in [5, 5.41) is 0. The van der Waals surface area contributed by atoms with E-state index >= 15 is 0 Å². The number of rotatable bonds is 3. The van der Waals surface area contributed by atoms with Crippen LogP contribution in [0.4, 0.5) is 0 Å². The molecule has 0 fully saturated rings. The standard InChI is InChI=1S/C6H11.Mn/c1-3-5-6-4-2;/h1,3H,4-6H2,2H3;/q-1;. The van der Waals surface area contributed by atoms with Gasteiger partial charge in [0, 0.05) is 17.1 Å². The SMILES string of the molecule is [CH-]=CCCCC.[Mn]. The van der Waals surface area contributed by atoms with Crippen LogP contribution in [0, 0.1) is 6.58 Å². The molecule has 0 atom stereocenters. The van der Waals surface area contributed by atoms with Crippen molar-refractivity contribution in [3.63, 3.8) is 0 Å². The Bertz CT molecular complexity index is 33.2. The second-order valence-corrected chi connectivity index (χ2v) is 1.38. The molecule has 0 aromatic carbocycles. The maximum atomic E-state index is 5.09. The summed E-state index contributed by atoms with van der Waals surface area (Å²) in [7, 11) is 0. The Morgan fingerprint density at radius 2 is 2.14 bits per heavy atom. The summed E-state index contributed by atoms with van der Waals surface area (Å²) in [4.78, 5) is 0. The van der Waals surface area contributed by atoms with Crippen molar-refractivity contribution in [2.75, 3.05) is 0 Å². The smallest absolute Gasteiger partial charge is 0 e. The first kappa shape index (κ1) is 10.3. The molecule has 0 unspecified atom stereocenters. The van der Waals surface area contributed by atoms with Gasteiger partial charge in [-0.1, -0.05) is 26.2 Å². The Hall–Kier alpha value is 0.259. The molecule has 7 heavy (non-hydrogen) atoms. The Labute approximate surface area is 56.5 Å². The molecule has 0 heterocycles. The van der Waals surface area contributed by atoms with E-state index in [4.69, 9.17) is 6.58 Å². The van der Waals surface area contributed by atoms with Crippen molar-refractivity contribution in [3.8, 4) is 0 Å². The summed E-state index contributed by atoms with van der Waals surface area (Å²) < 4.78 is 0. The van der Waals surface area contributed by atoms with Gasteiger partial charge in [-0.05, 0) is 0 Å². The fourth-order valence-corrected chi connectivity index (χ4v) is 0.322.